The molecule has 3 atom stereocenters. The Hall–Kier alpha value is -0.710. The second-order valence-corrected chi connectivity index (χ2v) is 5.57. The number of hydrogen-bond donors (Lipinski definition) is 1. The summed E-state index contributed by atoms with van der Waals surface area (Å²) >= 11 is 0. The SMILES string of the molecule is CC(C)[C@@H](C)NC(=O)C1CCOCC1C(C)(F)F. The van der Waals surface area contributed by atoms with Crippen molar-refractivity contribution >= 4 is 5.91 Å². The van der Waals surface area contributed by atoms with Crippen LogP contribution >= 0.6 is 0 Å². The lowest BCUT2D eigenvalue weighted by Crippen LogP contribution is -2.49. The monoisotopic (exact) mass is 263 g/mol. The Kier molecular flexibility index (Phi) is 5.08. The lowest BCUT2D eigenvalue weighted by molar-refractivity contribution is -0.151. The van der Waals surface area contributed by atoms with Gasteiger partial charge in [-0.15, -0.1) is 0 Å². The molecule has 0 aromatic heterocycles. The Labute approximate surface area is 107 Å². The standard InChI is InChI=1S/C13H23F2NO2/c1-8(2)9(3)16-12(17)10-5-6-18-7-11(10)13(4,14)15/h8-11H,5-7H2,1-4H3,(H,16,17)/t9-,10?,11?/m1/s1. The number of alkyl halides is 2. The van der Waals surface area contributed by atoms with Crippen LogP contribution < -0.4 is 5.32 Å². The van der Waals surface area contributed by atoms with E-state index in [2.05, 4.69) is 5.32 Å². The van der Waals surface area contributed by atoms with Crippen molar-refractivity contribution in [3.8, 4) is 0 Å². The summed E-state index contributed by atoms with van der Waals surface area (Å²) in [6.45, 7) is 7.06. The predicted molar refractivity (Wildman–Crippen MR) is 65.5 cm³/mol. The molecule has 0 spiro atoms. The van der Waals surface area contributed by atoms with Crippen LogP contribution in [-0.2, 0) is 9.53 Å². The fraction of sp³-hybridized carbons (Fsp3) is 0.923. The van der Waals surface area contributed by atoms with Crippen LogP contribution in [0.4, 0.5) is 8.78 Å². The van der Waals surface area contributed by atoms with Gasteiger partial charge < -0.3 is 10.1 Å². The van der Waals surface area contributed by atoms with Crippen molar-refractivity contribution in [1.29, 1.82) is 0 Å². The maximum absolute atomic E-state index is 13.5. The zero-order chi connectivity index (χ0) is 13.9. The third-order valence-corrected chi connectivity index (χ3v) is 3.71. The number of ether oxygens (including phenoxy) is 1. The highest BCUT2D eigenvalue weighted by molar-refractivity contribution is 5.79. The van der Waals surface area contributed by atoms with Crippen LogP contribution in [0.25, 0.3) is 0 Å². The second kappa shape index (κ2) is 5.95. The average Bonchev–Trinajstić information content (AvgIpc) is 2.27. The molecule has 106 valence electrons. The molecule has 1 amide bonds. The largest absolute Gasteiger partial charge is 0.381 e. The number of carbonyl (C=O) groups is 1. The Morgan fingerprint density at radius 1 is 1.39 bits per heavy atom. The normalized spacial score (nSPS) is 27.1. The minimum absolute atomic E-state index is 0.00789. The van der Waals surface area contributed by atoms with Gasteiger partial charge in [0.15, 0.2) is 0 Å². The van der Waals surface area contributed by atoms with E-state index in [-0.39, 0.29) is 24.5 Å². The predicted octanol–water partition coefficient (Wildman–Crippen LogP) is 2.46. The molecule has 5 heteroatoms. The molecule has 1 fully saturated rings. The van der Waals surface area contributed by atoms with Crippen molar-refractivity contribution in [2.24, 2.45) is 17.8 Å². The molecule has 0 radical (unpaired) electrons. The number of rotatable bonds is 4. The Morgan fingerprint density at radius 2 is 2.00 bits per heavy atom. The molecule has 3 nitrogen and oxygen atoms in total. The molecule has 0 bridgehead atoms. The fourth-order valence-corrected chi connectivity index (χ4v) is 2.05. The van der Waals surface area contributed by atoms with Gasteiger partial charge in [-0.05, 0) is 26.2 Å². The first-order valence-corrected chi connectivity index (χ1v) is 6.49. The van der Waals surface area contributed by atoms with Crippen LogP contribution in [0, 0.1) is 17.8 Å². The van der Waals surface area contributed by atoms with Gasteiger partial charge in [-0.3, -0.25) is 4.79 Å². The van der Waals surface area contributed by atoms with E-state index in [9.17, 15) is 13.6 Å². The summed E-state index contributed by atoms with van der Waals surface area (Å²) in [7, 11) is 0. The van der Waals surface area contributed by atoms with E-state index in [0.29, 0.717) is 13.0 Å². The maximum atomic E-state index is 13.5. The summed E-state index contributed by atoms with van der Waals surface area (Å²) in [6.07, 6.45) is 0.366. The van der Waals surface area contributed by atoms with Crippen molar-refractivity contribution in [2.75, 3.05) is 13.2 Å². The van der Waals surface area contributed by atoms with Crippen molar-refractivity contribution in [3.05, 3.63) is 0 Å². The van der Waals surface area contributed by atoms with Gasteiger partial charge in [0, 0.05) is 12.6 Å². The molecule has 2 unspecified atom stereocenters. The van der Waals surface area contributed by atoms with E-state index < -0.39 is 17.8 Å². The highest BCUT2D eigenvalue weighted by atomic mass is 19.3. The molecular formula is C13H23F2NO2. The maximum Gasteiger partial charge on any atom is 0.251 e. The van der Waals surface area contributed by atoms with E-state index in [0.717, 1.165) is 6.92 Å². The van der Waals surface area contributed by atoms with E-state index in [1.165, 1.54) is 0 Å². The second-order valence-electron chi connectivity index (χ2n) is 5.57. The number of hydrogen-bond acceptors (Lipinski definition) is 2. The Balaban J connectivity index is 2.69. The molecule has 0 aromatic carbocycles. The summed E-state index contributed by atoms with van der Waals surface area (Å²) in [4.78, 5) is 12.1. The van der Waals surface area contributed by atoms with Gasteiger partial charge in [0.05, 0.1) is 18.4 Å². The van der Waals surface area contributed by atoms with Crippen molar-refractivity contribution in [1.82, 2.24) is 5.32 Å². The minimum Gasteiger partial charge on any atom is -0.381 e. The van der Waals surface area contributed by atoms with Crippen molar-refractivity contribution in [3.63, 3.8) is 0 Å². The third kappa shape index (κ3) is 3.90. The van der Waals surface area contributed by atoms with Crippen molar-refractivity contribution < 1.29 is 18.3 Å². The quantitative estimate of drug-likeness (QED) is 0.846. The van der Waals surface area contributed by atoms with E-state index >= 15 is 0 Å². The summed E-state index contributed by atoms with van der Waals surface area (Å²) in [5.74, 6) is -4.55. The lowest BCUT2D eigenvalue weighted by atomic mass is 9.83. The summed E-state index contributed by atoms with van der Waals surface area (Å²) in [5, 5.41) is 2.82. The first-order valence-electron chi connectivity index (χ1n) is 6.49. The lowest BCUT2D eigenvalue weighted by Gasteiger charge is -2.35. The van der Waals surface area contributed by atoms with Gasteiger partial charge in [-0.1, -0.05) is 13.8 Å². The molecule has 18 heavy (non-hydrogen) atoms. The van der Waals surface area contributed by atoms with E-state index in [1.807, 2.05) is 20.8 Å². The first kappa shape index (κ1) is 15.3. The number of halogens is 2. The van der Waals surface area contributed by atoms with Crippen LogP contribution in [0.15, 0.2) is 0 Å². The Bertz CT molecular complexity index is 289. The summed E-state index contributed by atoms with van der Waals surface area (Å²) < 4.78 is 32.0. The molecule has 1 aliphatic heterocycles. The van der Waals surface area contributed by atoms with E-state index in [4.69, 9.17) is 4.74 Å². The van der Waals surface area contributed by atoms with E-state index in [1.54, 1.807) is 0 Å². The molecule has 1 heterocycles. The van der Waals surface area contributed by atoms with Gasteiger partial charge in [-0.25, -0.2) is 8.78 Å². The van der Waals surface area contributed by atoms with Gasteiger partial charge >= 0.3 is 0 Å². The summed E-state index contributed by atoms with van der Waals surface area (Å²) in [5.41, 5.74) is 0. The smallest absolute Gasteiger partial charge is 0.251 e. The molecular weight excluding hydrogens is 240 g/mol. The Morgan fingerprint density at radius 3 is 2.50 bits per heavy atom. The molecule has 0 aliphatic carbocycles. The molecule has 1 N–H and O–H groups in total. The topological polar surface area (TPSA) is 38.3 Å². The van der Waals surface area contributed by atoms with Gasteiger partial charge in [-0.2, -0.15) is 0 Å². The average molecular weight is 263 g/mol. The zero-order valence-electron chi connectivity index (χ0n) is 11.5. The van der Waals surface area contributed by atoms with Crippen molar-refractivity contribution in [2.45, 2.75) is 46.1 Å². The van der Waals surface area contributed by atoms with Crippen LogP contribution in [-0.4, -0.2) is 31.1 Å². The highest BCUT2D eigenvalue weighted by Gasteiger charge is 2.45. The van der Waals surface area contributed by atoms with Crippen LogP contribution in [0.5, 0.6) is 0 Å². The van der Waals surface area contributed by atoms with Gasteiger partial charge in [0.25, 0.3) is 5.92 Å². The summed E-state index contributed by atoms with van der Waals surface area (Å²) in [6, 6.07) is -0.00789. The highest BCUT2D eigenvalue weighted by Crippen LogP contribution is 2.35. The minimum atomic E-state index is -2.89. The molecule has 0 saturated carbocycles. The van der Waals surface area contributed by atoms with Gasteiger partial charge in [0.2, 0.25) is 5.91 Å². The molecule has 1 rings (SSSR count). The fourth-order valence-electron chi connectivity index (χ4n) is 2.05. The molecule has 0 aromatic rings. The molecule has 1 saturated heterocycles. The number of nitrogens with one attached hydrogen (secondary N) is 1. The number of amides is 1. The van der Waals surface area contributed by atoms with Gasteiger partial charge in [0.1, 0.15) is 0 Å². The van der Waals surface area contributed by atoms with Crippen LogP contribution in [0.2, 0.25) is 0 Å². The first-order chi connectivity index (χ1) is 8.23. The van der Waals surface area contributed by atoms with Crippen LogP contribution in [0.3, 0.4) is 0 Å². The third-order valence-electron chi connectivity index (χ3n) is 3.71. The number of carbonyl (C=O) groups excluding carboxylic acids is 1. The molecule has 1 aliphatic rings. The van der Waals surface area contributed by atoms with Crippen LogP contribution in [0.1, 0.15) is 34.1 Å². The zero-order valence-corrected chi connectivity index (χ0v) is 11.5.